The van der Waals surface area contributed by atoms with Crippen LogP contribution in [-0.2, 0) is 11.3 Å². The standard InChI is InChI=1S/C20H24F2N4O3/c1-3-17(27)26-16-11-15(7-9-23-16)19(28)25-13-14-5-6-18(24-12-14)29-10-8-20(21,22)4-2/h5-7,9,11-12H,3-4,8,10,13H2,1-2H3,(H,25,28)(H,23,26,27). The number of hydrogen-bond donors (Lipinski definition) is 2. The number of rotatable bonds is 10. The zero-order valence-electron chi connectivity index (χ0n) is 16.4. The summed E-state index contributed by atoms with van der Waals surface area (Å²) < 4.78 is 31.6. The monoisotopic (exact) mass is 406 g/mol. The Bertz CT molecular complexity index is 829. The van der Waals surface area contributed by atoms with Gasteiger partial charge in [0.1, 0.15) is 5.82 Å². The summed E-state index contributed by atoms with van der Waals surface area (Å²) in [6, 6.07) is 6.29. The highest BCUT2D eigenvalue weighted by Crippen LogP contribution is 2.22. The number of ether oxygens (including phenoxy) is 1. The third-order valence-electron chi connectivity index (χ3n) is 4.10. The van der Waals surface area contributed by atoms with Crippen molar-refractivity contribution in [1.29, 1.82) is 0 Å². The molecule has 2 aromatic rings. The fourth-order valence-corrected chi connectivity index (χ4v) is 2.24. The second kappa shape index (κ2) is 10.4. The van der Waals surface area contributed by atoms with Crippen LogP contribution in [0.1, 0.15) is 49.0 Å². The normalized spacial score (nSPS) is 11.0. The topological polar surface area (TPSA) is 93.2 Å². The van der Waals surface area contributed by atoms with Crippen LogP contribution >= 0.6 is 0 Å². The lowest BCUT2D eigenvalue weighted by Gasteiger charge is -2.14. The van der Waals surface area contributed by atoms with Gasteiger partial charge in [-0.2, -0.15) is 0 Å². The van der Waals surface area contributed by atoms with Crippen LogP contribution < -0.4 is 15.4 Å². The number of nitrogens with zero attached hydrogens (tertiary/aromatic N) is 2. The molecule has 0 aliphatic heterocycles. The van der Waals surface area contributed by atoms with Gasteiger partial charge < -0.3 is 15.4 Å². The molecule has 2 heterocycles. The van der Waals surface area contributed by atoms with Gasteiger partial charge in [-0.1, -0.05) is 19.9 Å². The predicted molar refractivity (Wildman–Crippen MR) is 104 cm³/mol. The number of amides is 2. The lowest BCUT2D eigenvalue weighted by Crippen LogP contribution is -2.23. The van der Waals surface area contributed by atoms with Gasteiger partial charge in [0, 0.05) is 49.8 Å². The zero-order valence-corrected chi connectivity index (χ0v) is 16.4. The van der Waals surface area contributed by atoms with E-state index >= 15 is 0 Å². The highest BCUT2D eigenvalue weighted by Gasteiger charge is 2.25. The lowest BCUT2D eigenvalue weighted by atomic mass is 10.2. The Balaban J connectivity index is 1.84. The van der Waals surface area contributed by atoms with Crippen LogP contribution in [0.4, 0.5) is 14.6 Å². The Hall–Kier alpha value is -3.10. The van der Waals surface area contributed by atoms with E-state index < -0.39 is 5.92 Å². The average Bonchev–Trinajstić information content (AvgIpc) is 2.73. The molecular formula is C20H24F2N4O3. The zero-order chi connectivity index (χ0) is 21.3. The molecule has 29 heavy (non-hydrogen) atoms. The molecule has 2 rings (SSSR count). The fraction of sp³-hybridized carbons (Fsp3) is 0.400. The molecular weight excluding hydrogens is 382 g/mol. The molecule has 0 saturated carbocycles. The lowest BCUT2D eigenvalue weighted by molar-refractivity contribution is -0.115. The number of alkyl halides is 2. The Morgan fingerprint density at radius 3 is 2.62 bits per heavy atom. The molecule has 0 aliphatic carbocycles. The van der Waals surface area contributed by atoms with E-state index in [1.807, 2.05) is 0 Å². The second-order valence-corrected chi connectivity index (χ2v) is 6.33. The van der Waals surface area contributed by atoms with Gasteiger partial charge in [0.15, 0.2) is 0 Å². The summed E-state index contributed by atoms with van der Waals surface area (Å²) in [7, 11) is 0. The Kier molecular flexibility index (Phi) is 7.99. The summed E-state index contributed by atoms with van der Waals surface area (Å²) in [6.07, 6.45) is 2.66. The van der Waals surface area contributed by atoms with Crippen molar-refractivity contribution in [2.45, 2.75) is 45.6 Å². The number of carbonyl (C=O) groups is 2. The van der Waals surface area contributed by atoms with Crippen molar-refractivity contribution in [1.82, 2.24) is 15.3 Å². The van der Waals surface area contributed by atoms with Crippen molar-refractivity contribution >= 4 is 17.6 Å². The molecule has 2 amide bonds. The van der Waals surface area contributed by atoms with E-state index in [2.05, 4.69) is 20.6 Å². The molecule has 9 heteroatoms. The average molecular weight is 406 g/mol. The molecule has 2 aromatic heterocycles. The number of pyridine rings is 2. The van der Waals surface area contributed by atoms with E-state index in [4.69, 9.17) is 4.74 Å². The molecule has 0 fully saturated rings. The van der Waals surface area contributed by atoms with Crippen LogP contribution in [0.3, 0.4) is 0 Å². The first-order valence-electron chi connectivity index (χ1n) is 9.32. The smallest absolute Gasteiger partial charge is 0.251 e. The maximum atomic E-state index is 13.2. The number of hydrogen-bond acceptors (Lipinski definition) is 5. The van der Waals surface area contributed by atoms with Crippen molar-refractivity contribution in [3.05, 3.63) is 47.8 Å². The minimum atomic E-state index is -2.74. The third-order valence-corrected chi connectivity index (χ3v) is 4.10. The summed E-state index contributed by atoms with van der Waals surface area (Å²) >= 11 is 0. The van der Waals surface area contributed by atoms with Crippen LogP contribution in [-0.4, -0.2) is 34.3 Å². The van der Waals surface area contributed by atoms with E-state index in [1.54, 1.807) is 19.1 Å². The summed E-state index contributed by atoms with van der Waals surface area (Å²) in [5, 5.41) is 5.34. The first-order valence-corrected chi connectivity index (χ1v) is 9.32. The summed E-state index contributed by atoms with van der Waals surface area (Å²) in [5.74, 6) is -2.71. The highest BCUT2D eigenvalue weighted by molar-refractivity contribution is 5.96. The van der Waals surface area contributed by atoms with E-state index in [9.17, 15) is 18.4 Å². The molecule has 0 aliphatic rings. The largest absolute Gasteiger partial charge is 0.477 e. The van der Waals surface area contributed by atoms with Gasteiger partial charge in [-0.25, -0.2) is 18.7 Å². The molecule has 2 N–H and O–H groups in total. The maximum Gasteiger partial charge on any atom is 0.251 e. The Labute approximate surface area is 167 Å². The molecule has 0 radical (unpaired) electrons. The van der Waals surface area contributed by atoms with Crippen molar-refractivity contribution in [3.8, 4) is 5.88 Å². The Morgan fingerprint density at radius 1 is 1.17 bits per heavy atom. The van der Waals surface area contributed by atoms with E-state index in [1.165, 1.54) is 31.5 Å². The van der Waals surface area contributed by atoms with Gasteiger partial charge in [-0.15, -0.1) is 0 Å². The molecule has 0 unspecified atom stereocenters. The van der Waals surface area contributed by atoms with Crippen LogP contribution in [0.2, 0.25) is 0 Å². The molecule has 0 bridgehead atoms. The number of nitrogens with one attached hydrogen (secondary N) is 2. The fourth-order valence-electron chi connectivity index (χ4n) is 2.24. The molecule has 0 aromatic carbocycles. The molecule has 0 atom stereocenters. The quantitative estimate of drug-likeness (QED) is 0.629. The van der Waals surface area contributed by atoms with Crippen molar-refractivity contribution in [2.24, 2.45) is 0 Å². The first-order chi connectivity index (χ1) is 13.8. The van der Waals surface area contributed by atoms with Gasteiger partial charge in [-0.3, -0.25) is 9.59 Å². The first kappa shape index (κ1) is 22.2. The van der Waals surface area contributed by atoms with Crippen molar-refractivity contribution in [3.63, 3.8) is 0 Å². The van der Waals surface area contributed by atoms with Gasteiger partial charge in [0.05, 0.1) is 6.61 Å². The predicted octanol–water partition coefficient (Wildman–Crippen LogP) is 3.57. The van der Waals surface area contributed by atoms with Gasteiger partial charge >= 0.3 is 0 Å². The van der Waals surface area contributed by atoms with Crippen LogP contribution in [0, 0.1) is 0 Å². The van der Waals surface area contributed by atoms with E-state index in [-0.39, 0.29) is 43.7 Å². The minimum absolute atomic E-state index is 0.122. The van der Waals surface area contributed by atoms with Gasteiger partial charge in [0.2, 0.25) is 11.8 Å². The highest BCUT2D eigenvalue weighted by atomic mass is 19.3. The number of carbonyl (C=O) groups excluding carboxylic acids is 2. The number of halogens is 2. The van der Waals surface area contributed by atoms with Crippen molar-refractivity contribution in [2.75, 3.05) is 11.9 Å². The molecule has 7 nitrogen and oxygen atoms in total. The minimum Gasteiger partial charge on any atom is -0.477 e. The SMILES string of the molecule is CCC(=O)Nc1cc(C(=O)NCc2ccc(OCCC(F)(F)CC)nc2)ccn1. The second-order valence-electron chi connectivity index (χ2n) is 6.33. The number of aromatic nitrogens is 2. The van der Waals surface area contributed by atoms with Crippen molar-refractivity contribution < 1.29 is 23.1 Å². The van der Waals surface area contributed by atoms with E-state index in [0.29, 0.717) is 17.8 Å². The summed E-state index contributed by atoms with van der Waals surface area (Å²) in [6.45, 7) is 3.24. The maximum absolute atomic E-state index is 13.2. The number of anilines is 1. The van der Waals surface area contributed by atoms with Gasteiger partial charge in [0.25, 0.3) is 11.8 Å². The van der Waals surface area contributed by atoms with Crippen LogP contribution in [0.15, 0.2) is 36.7 Å². The summed E-state index contributed by atoms with van der Waals surface area (Å²) in [5.41, 5.74) is 1.08. The summed E-state index contributed by atoms with van der Waals surface area (Å²) in [4.78, 5) is 31.8. The van der Waals surface area contributed by atoms with Crippen LogP contribution in [0.25, 0.3) is 0 Å². The Morgan fingerprint density at radius 2 is 1.97 bits per heavy atom. The van der Waals surface area contributed by atoms with Gasteiger partial charge in [-0.05, 0) is 17.7 Å². The van der Waals surface area contributed by atoms with Crippen LogP contribution in [0.5, 0.6) is 5.88 Å². The molecule has 0 saturated heterocycles. The molecule has 156 valence electrons. The third kappa shape index (κ3) is 7.44. The molecule has 0 spiro atoms. The van der Waals surface area contributed by atoms with E-state index in [0.717, 1.165) is 5.56 Å².